The van der Waals surface area contributed by atoms with Crippen molar-refractivity contribution in [1.82, 2.24) is 10.3 Å². The quantitative estimate of drug-likeness (QED) is 0.918. The molecule has 2 nitrogen and oxygen atoms in total. The molecule has 0 spiro atoms. The van der Waals surface area contributed by atoms with Crippen LogP contribution >= 0.6 is 11.3 Å². The SMILES string of the molecule is Fc1cccc(C(NC2CC2)c2nccs2)c1F. The number of rotatable bonds is 4. The summed E-state index contributed by atoms with van der Waals surface area (Å²) in [6, 6.07) is 4.31. The lowest BCUT2D eigenvalue weighted by Gasteiger charge is -2.17. The lowest BCUT2D eigenvalue weighted by molar-refractivity contribution is 0.479. The molecule has 18 heavy (non-hydrogen) atoms. The van der Waals surface area contributed by atoms with Gasteiger partial charge < -0.3 is 5.32 Å². The van der Waals surface area contributed by atoms with Gasteiger partial charge in [-0.15, -0.1) is 11.3 Å². The van der Waals surface area contributed by atoms with Crippen molar-refractivity contribution >= 4 is 11.3 Å². The molecular formula is C13H12F2N2S. The van der Waals surface area contributed by atoms with Crippen molar-refractivity contribution in [2.45, 2.75) is 24.9 Å². The molecule has 0 bridgehead atoms. The minimum Gasteiger partial charge on any atom is -0.301 e. The minimum absolute atomic E-state index is 0.330. The fourth-order valence-corrected chi connectivity index (χ4v) is 2.61. The molecule has 1 unspecified atom stereocenters. The van der Waals surface area contributed by atoms with Gasteiger partial charge in [-0.05, 0) is 18.9 Å². The number of hydrogen-bond acceptors (Lipinski definition) is 3. The van der Waals surface area contributed by atoms with Gasteiger partial charge in [-0.2, -0.15) is 0 Å². The molecule has 2 aromatic rings. The van der Waals surface area contributed by atoms with Gasteiger partial charge in [0.15, 0.2) is 11.6 Å². The predicted octanol–water partition coefficient (Wildman–Crippen LogP) is 3.26. The van der Waals surface area contributed by atoms with E-state index in [0.29, 0.717) is 11.6 Å². The molecule has 1 aromatic heterocycles. The Labute approximate surface area is 108 Å². The standard InChI is InChI=1S/C13H12F2N2S/c14-10-3-1-2-9(11(10)15)12(17-8-4-5-8)13-16-6-7-18-13/h1-3,6-8,12,17H,4-5H2. The number of halogens is 2. The molecule has 1 aromatic carbocycles. The molecule has 1 saturated carbocycles. The molecule has 5 heteroatoms. The molecular weight excluding hydrogens is 254 g/mol. The average Bonchev–Trinajstić information content (AvgIpc) is 3.02. The molecule has 1 aliphatic carbocycles. The highest BCUT2D eigenvalue weighted by Gasteiger charge is 2.29. The number of nitrogens with one attached hydrogen (secondary N) is 1. The van der Waals surface area contributed by atoms with Crippen molar-refractivity contribution in [2.24, 2.45) is 0 Å². The van der Waals surface area contributed by atoms with Gasteiger partial charge in [0.2, 0.25) is 0 Å². The van der Waals surface area contributed by atoms with E-state index in [4.69, 9.17) is 0 Å². The molecule has 1 N–H and O–H groups in total. The van der Waals surface area contributed by atoms with Crippen molar-refractivity contribution in [3.8, 4) is 0 Å². The first kappa shape index (κ1) is 11.7. The molecule has 1 aliphatic rings. The Hall–Kier alpha value is -1.33. The first-order chi connectivity index (χ1) is 8.75. The molecule has 1 atom stereocenters. The smallest absolute Gasteiger partial charge is 0.164 e. The van der Waals surface area contributed by atoms with Crippen LogP contribution < -0.4 is 5.32 Å². The van der Waals surface area contributed by atoms with Gasteiger partial charge in [0.05, 0.1) is 6.04 Å². The third-order valence-corrected chi connectivity index (χ3v) is 3.81. The highest BCUT2D eigenvalue weighted by Crippen LogP contribution is 2.31. The first-order valence-corrected chi connectivity index (χ1v) is 6.73. The molecule has 0 amide bonds. The molecule has 1 fully saturated rings. The summed E-state index contributed by atoms with van der Waals surface area (Å²) in [6.45, 7) is 0. The third-order valence-electron chi connectivity index (χ3n) is 2.97. The fourth-order valence-electron chi connectivity index (χ4n) is 1.90. The van der Waals surface area contributed by atoms with E-state index >= 15 is 0 Å². The van der Waals surface area contributed by atoms with E-state index in [1.807, 2.05) is 5.38 Å². The Bertz CT molecular complexity index is 538. The number of nitrogens with zero attached hydrogens (tertiary/aromatic N) is 1. The summed E-state index contributed by atoms with van der Waals surface area (Å²) in [7, 11) is 0. The second-order valence-corrected chi connectivity index (χ2v) is 5.31. The van der Waals surface area contributed by atoms with Crippen LogP contribution in [0.2, 0.25) is 0 Å². The zero-order chi connectivity index (χ0) is 12.5. The number of hydrogen-bond donors (Lipinski definition) is 1. The van der Waals surface area contributed by atoms with Crippen molar-refractivity contribution in [2.75, 3.05) is 0 Å². The molecule has 0 saturated heterocycles. The average molecular weight is 266 g/mol. The summed E-state index contributed by atoms with van der Waals surface area (Å²) < 4.78 is 27.2. The van der Waals surface area contributed by atoms with Gasteiger partial charge in [-0.3, -0.25) is 0 Å². The van der Waals surface area contributed by atoms with E-state index in [9.17, 15) is 8.78 Å². The lowest BCUT2D eigenvalue weighted by atomic mass is 10.1. The van der Waals surface area contributed by atoms with Crippen LogP contribution in [0.1, 0.15) is 29.5 Å². The number of aromatic nitrogens is 1. The van der Waals surface area contributed by atoms with E-state index in [0.717, 1.165) is 23.9 Å². The summed E-state index contributed by atoms with van der Waals surface area (Å²) in [5.41, 5.74) is 0.330. The predicted molar refractivity (Wildman–Crippen MR) is 66.5 cm³/mol. The Kier molecular flexibility index (Phi) is 3.09. The maximum Gasteiger partial charge on any atom is 0.164 e. The second-order valence-electron chi connectivity index (χ2n) is 4.39. The van der Waals surface area contributed by atoms with Gasteiger partial charge in [-0.1, -0.05) is 12.1 Å². The lowest BCUT2D eigenvalue weighted by Crippen LogP contribution is -2.25. The van der Waals surface area contributed by atoms with E-state index in [-0.39, 0.29) is 6.04 Å². The normalized spacial score (nSPS) is 16.8. The molecule has 0 aliphatic heterocycles. The summed E-state index contributed by atoms with van der Waals surface area (Å²) in [5, 5.41) is 5.93. The highest BCUT2D eigenvalue weighted by molar-refractivity contribution is 7.09. The third kappa shape index (κ3) is 2.28. The van der Waals surface area contributed by atoms with E-state index < -0.39 is 11.6 Å². The Morgan fingerprint density at radius 3 is 2.83 bits per heavy atom. The van der Waals surface area contributed by atoms with Crippen LogP contribution in [-0.2, 0) is 0 Å². The Morgan fingerprint density at radius 1 is 1.33 bits per heavy atom. The van der Waals surface area contributed by atoms with Crippen LogP contribution in [0.15, 0.2) is 29.8 Å². The molecule has 94 valence electrons. The van der Waals surface area contributed by atoms with E-state index in [1.54, 1.807) is 12.3 Å². The summed E-state index contributed by atoms with van der Waals surface area (Å²) in [5.74, 6) is -1.60. The van der Waals surface area contributed by atoms with E-state index in [1.165, 1.54) is 17.4 Å². The van der Waals surface area contributed by atoms with Gasteiger partial charge in [-0.25, -0.2) is 13.8 Å². The van der Waals surface area contributed by atoms with Crippen molar-refractivity contribution in [3.63, 3.8) is 0 Å². The van der Waals surface area contributed by atoms with Crippen molar-refractivity contribution in [1.29, 1.82) is 0 Å². The fraction of sp³-hybridized carbons (Fsp3) is 0.308. The topological polar surface area (TPSA) is 24.9 Å². The van der Waals surface area contributed by atoms with Crippen molar-refractivity contribution < 1.29 is 8.78 Å². The zero-order valence-electron chi connectivity index (χ0n) is 9.57. The van der Waals surface area contributed by atoms with E-state index in [2.05, 4.69) is 10.3 Å². The van der Waals surface area contributed by atoms with Crippen LogP contribution in [0.25, 0.3) is 0 Å². The van der Waals surface area contributed by atoms with Gasteiger partial charge in [0.1, 0.15) is 5.01 Å². The first-order valence-electron chi connectivity index (χ1n) is 5.85. The zero-order valence-corrected chi connectivity index (χ0v) is 10.4. The molecule has 3 rings (SSSR count). The van der Waals surface area contributed by atoms with Crippen LogP contribution in [-0.4, -0.2) is 11.0 Å². The minimum atomic E-state index is -0.813. The monoisotopic (exact) mass is 266 g/mol. The van der Waals surface area contributed by atoms with Gasteiger partial charge >= 0.3 is 0 Å². The van der Waals surface area contributed by atoms with Crippen LogP contribution in [0, 0.1) is 11.6 Å². The van der Waals surface area contributed by atoms with Crippen LogP contribution in [0.5, 0.6) is 0 Å². The number of benzene rings is 1. The summed E-state index contributed by atoms with van der Waals surface area (Å²) in [4.78, 5) is 4.21. The van der Waals surface area contributed by atoms with Crippen LogP contribution in [0.3, 0.4) is 0 Å². The second kappa shape index (κ2) is 4.74. The van der Waals surface area contributed by atoms with Gasteiger partial charge in [0, 0.05) is 23.2 Å². The van der Waals surface area contributed by atoms with Gasteiger partial charge in [0.25, 0.3) is 0 Å². The van der Waals surface area contributed by atoms with Crippen LogP contribution in [0.4, 0.5) is 8.78 Å². The highest BCUT2D eigenvalue weighted by atomic mass is 32.1. The summed E-state index contributed by atoms with van der Waals surface area (Å²) >= 11 is 1.45. The molecule has 1 heterocycles. The number of thiazole rings is 1. The maximum absolute atomic E-state index is 13.9. The van der Waals surface area contributed by atoms with Crippen molar-refractivity contribution in [3.05, 3.63) is 52.0 Å². The Morgan fingerprint density at radius 2 is 2.17 bits per heavy atom. The Balaban J connectivity index is 1.99. The molecule has 0 radical (unpaired) electrons. The summed E-state index contributed by atoms with van der Waals surface area (Å²) in [6.07, 6.45) is 3.84. The maximum atomic E-state index is 13.9. The largest absolute Gasteiger partial charge is 0.301 e.